The quantitative estimate of drug-likeness (QED) is 0.753. The van der Waals surface area contributed by atoms with Crippen LogP contribution in [0.3, 0.4) is 0 Å². The maximum Gasteiger partial charge on any atom is 0.154 e. The molecule has 5 nitrogen and oxygen atoms in total. The topological polar surface area (TPSA) is 43.8 Å². The smallest absolute Gasteiger partial charge is 0.154 e. The van der Waals surface area contributed by atoms with Crippen molar-refractivity contribution >= 4 is 0 Å². The van der Waals surface area contributed by atoms with Crippen LogP contribution < -0.4 is 0 Å². The standard InChI is InChI=1S/C13H18N2O3/c1-9-16-7-11-12(8-17-9)18-15(2)13(11)10-4-3-5-14-6-10/h3-6,9,11-13H,7-8H2,1-2H3/t9-,11+,12-,13-/m0/s1. The fourth-order valence-corrected chi connectivity index (χ4v) is 2.72. The van der Waals surface area contributed by atoms with Gasteiger partial charge in [-0.3, -0.25) is 9.82 Å². The molecule has 2 aliphatic heterocycles. The first-order valence-corrected chi connectivity index (χ1v) is 6.28. The molecule has 2 saturated heterocycles. The minimum atomic E-state index is -0.154. The lowest BCUT2D eigenvalue weighted by molar-refractivity contribution is -0.180. The van der Waals surface area contributed by atoms with E-state index in [9.17, 15) is 0 Å². The SMILES string of the molecule is C[C@H]1OC[C@@H]2[C@H](CO1)ON(C)[C@H]2c1cccnc1. The number of pyridine rings is 1. The largest absolute Gasteiger partial charge is 0.353 e. The molecule has 0 unspecified atom stereocenters. The molecule has 0 bridgehead atoms. The van der Waals surface area contributed by atoms with Gasteiger partial charge in [-0.1, -0.05) is 6.07 Å². The Morgan fingerprint density at radius 1 is 1.33 bits per heavy atom. The fraction of sp³-hybridized carbons (Fsp3) is 0.615. The van der Waals surface area contributed by atoms with Gasteiger partial charge in [-0.25, -0.2) is 0 Å². The summed E-state index contributed by atoms with van der Waals surface area (Å²) in [6.45, 7) is 3.15. The summed E-state index contributed by atoms with van der Waals surface area (Å²) in [5.74, 6) is 0.282. The Morgan fingerprint density at radius 2 is 2.17 bits per heavy atom. The monoisotopic (exact) mass is 250 g/mol. The van der Waals surface area contributed by atoms with E-state index in [1.807, 2.05) is 31.3 Å². The van der Waals surface area contributed by atoms with Gasteiger partial charge < -0.3 is 9.47 Å². The van der Waals surface area contributed by atoms with Crippen molar-refractivity contribution in [3.63, 3.8) is 0 Å². The van der Waals surface area contributed by atoms with Crippen LogP contribution in [0, 0.1) is 5.92 Å². The molecule has 98 valence electrons. The van der Waals surface area contributed by atoms with Crippen molar-refractivity contribution < 1.29 is 14.3 Å². The second kappa shape index (κ2) is 4.93. The van der Waals surface area contributed by atoms with Crippen LogP contribution in [0.2, 0.25) is 0 Å². The Morgan fingerprint density at radius 3 is 2.94 bits per heavy atom. The number of hydrogen-bond donors (Lipinski definition) is 0. The molecule has 2 fully saturated rings. The second-order valence-corrected chi connectivity index (χ2v) is 4.82. The van der Waals surface area contributed by atoms with Crippen molar-refractivity contribution in [1.82, 2.24) is 10.0 Å². The van der Waals surface area contributed by atoms with Gasteiger partial charge in [0.1, 0.15) is 6.10 Å². The van der Waals surface area contributed by atoms with Gasteiger partial charge in [0, 0.05) is 25.4 Å². The van der Waals surface area contributed by atoms with Gasteiger partial charge >= 0.3 is 0 Å². The molecule has 0 spiro atoms. The molecule has 1 aromatic rings. The molecule has 0 aliphatic carbocycles. The van der Waals surface area contributed by atoms with Crippen LogP contribution >= 0.6 is 0 Å². The van der Waals surface area contributed by atoms with E-state index >= 15 is 0 Å². The summed E-state index contributed by atoms with van der Waals surface area (Å²) in [5.41, 5.74) is 1.16. The van der Waals surface area contributed by atoms with Crippen LogP contribution in [0.5, 0.6) is 0 Å². The number of hydroxylamine groups is 2. The molecule has 5 heteroatoms. The Hall–Kier alpha value is -1.01. The van der Waals surface area contributed by atoms with Crippen molar-refractivity contribution in [3.05, 3.63) is 30.1 Å². The van der Waals surface area contributed by atoms with Crippen LogP contribution in [0.1, 0.15) is 18.5 Å². The van der Waals surface area contributed by atoms with Crippen molar-refractivity contribution in [2.45, 2.75) is 25.4 Å². The van der Waals surface area contributed by atoms with Gasteiger partial charge in [-0.2, -0.15) is 5.06 Å². The first kappa shape index (κ1) is 12.0. The van der Waals surface area contributed by atoms with E-state index in [4.69, 9.17) is 14.3 Å². The van der Waals surface area contributed by atoms with E-state index in [-0.39, 0.29) is 24.4 Å². The molecule has 2 aliphatic rings. The summed E-state index contributed by atoms with van der Waals surface area (Å²) in [7, 11) is 1.95. The lowest BCUT2D eigenvalue weighted by Gasteiger charge is -2.22. The van der Waals surface area contributed by atoms with E-state index in [1.165, 1.54) is 0 Å². The molecule has 0 saturated carbocycles. The predicted octanol–water partition coefficient (Wildman–Crippen LogP) is 1.38. The minimum Gasteiger partial charge on any atom is -0.353 e. The second-order valence-electron chi connectivity index (χ2n) is 4.82. The van der Waals surface area contributed by atoms with Crippen LogP contribution in [0.15, 0.2) is 24.5 Å². The third-order valence-electron chi connectivity index (χ3n) is 3.62. The average Bonchev–Trinajstić information content (AvgIpc) is 2.60. The summed E-state index contributed by atoms with van der Waals surface area (Å²) in [6, 6.07) is 4.21. The highest BCUT2D eigenvalue weighted by atomic mass is 16.7. The van der Waals surface area contributed by atoms with Gasteiger partial charge in [0.05, 0.1) is 19.3 Å². The van der Waals surface area contributed by atoms with Crippen molar-refractivity contribution in [2.75, 3.05) is 20.3 Å². The predicted molar refractivity (Wildman–Crippen MR) is 64.5 cm³/mol. The van der Waals surface area contributed by atoms with E-state index in [1.54, 1.807) is 6.20 Å². The van der Waals surface area contributed by atoms with Crippen LogP contribution in [0.25, 0.3) is 0 Å². The molecule has 0 amide bonds. The van der Waals surface area contributed by atoms with Gasteiger partial charge in [0.25, 0.3) is 0 Å². The highest BCUT2D eigenvalue weighted by Gasteiger charge is 2.44. The summed E-state index contributed by atoms with van der Waals surface area (Å²) in [5, 5.41) is 1.90. The molecular formula is C13H18N2O3. The molecule has 0 aromatic carbocycles. The fourth-order valence-electron chi connectivity index (χ4n) is 2.72. The highest BCUT2D eigenvalue weighted by molar-refractivity contribution is 5.16. The Bertz CT molecular complexity index is 400. The van der Waals surface area contributed by atoms with Crippen molar-refractivity contribution in [1.29, 1.82) is 0 Å². The summed E-state index contributed by atoms with van der Waals surface area (Å²) >= 11 is 0. The van der Waals surface area contributed by atoms with E-state index in [2.05, 4.69) is 11.1 Å². The lowest BCUT2D eigenvalue weighted by Crippen LogP contribution is -2.25. The zero-order chi connectivity index (χ0) is 12.5. The van der Waals surface area contributed by atoms with Crippen LogP contribution in [-0.4, -0.2) is 42.7 Å². The molecule has 3 heterocycles. The third-order valence-corrected chi connectivity index (χ3v) is 3.62. The van der Waals surface area contributed by atoms with E-state index in [0.717, 1.165) is 5.56 Å². The highest BCUT2D eigenvalue weighted by Crippen LogP contribution is 2.39. The number of nitrogens with zero attached hydrogens (tertiary/aromatic N) is 2. The molecule has 3 rings (SSSR count). The number of hydrogen-bond acceptors (Lipinski definition) is 5. The van der Waals surface area contributed by atoms with Gasteiger partial charge in [-0.15, -0.1) is 0 Å². The Kier molecular flexibility index (Phi) is 3.30. The number of fused-ring (bicyclic) bond motifs is 1. The Labute approximate surface area is 107 Å². The average molecular weight is 250 g/mol. The zero-order valence-electron chi connectivity index (χ0n) is 10.7. The van der Waals surface area contributed by atoms with Crippen LogP contribution in [0.4, 0.5) is 0 Å². The maximum absolute atomic E-state index is 5.86. The molecule has 0 N–H and O–H groups in total. The van der Waals surface area contributed by atoms with Crippen molar-refractivity contribution in [2.24, 2.45) is 5.92 Å². The van der Waals surface area contributed by atoms with Gasteiger partial charge in [0.2, 0.25) is 0 Å². The number of rotatable bonds is 1. The van der Waals surface area contributed by atoms with Crippen molar-refractivity contribution in [3.8, 4) is 0 Å². The Balaban J connectivity index is 1.85. The number of ether oxygens (including phenoxy) is 2. The third kappa shape index (κ3) is 2.14. The molecule has 1 aromatic heterocycles. The molecule has 4 atom stereocenters. The summed E-state index contributed by atoms with van der Waals surface area (Å²) in [6.07, 6.45) is 3.58. The first-order valence-electron chi connectivity index (χ1n) is 6.28. The minimum absolute atomic E-state index is 0.0603. The first-order chi connectivity index (χ1) is 8.75. The van der Waals surface area contributed by atoms with Crippen LogP contribution in [-0.2, 0) is 14.3 Å². The zero-order valence-corrected chi connectivity index (χ0v) is 10.7. The summed E-state index contributed by atoms with van der Waals surface area (Å²) < 4.78 is 11.2. The van der Waals surface area contributed by atoms with E-state index < -0.39 is 0 Å². The molecular weight excluding hydrogens is 232 g/mol. The van der Waals surface area contributed by atoms with Gasteiger partial charge in [0.15, 0.2) is 6.29 Å². The molecule has 18 heavy (non-hydrogen) atoms. The normalized spacial score (nSPS) is 37.2. The number of aromatic nitrogens is 1. The lowest BCUT2D eigenvalue weighted by atomic mass is 9.91. The maximum atomic E-state index is 5.86. The molecule has 0 radical (unpaired) electrons. The summed E-state index contributed by atoms with van der Waals surface area (Å²) in [4.78, 5) is 10.0. The van der Waals surface area contributed by atoms with Gasteiger partial charge in [-0.05, 0) is 18.6 Å². The van der Waals surface area contributed by atoms with E-state index in [0.29, 0.717) is 13.2 Å².